The van der Waals surface area contributed by atoms with Crippen molar-refractivity contribution in [2.75, 3.05) is 0 Å². The van der Waals surface area contributed by atoms with E-state index in [1.54, 1.807) is 12.1 Å². The molecule has 2 rings (SSSR count). The monoisotopic (exact) mass is 276 g/mol. The highest BCUT2D eigenvalue weighted by atomic mass is 16.6. The van der Waals surface area contributed by atoms with Crippen molar-refractivity contribution < 1.29 is 19.1 Å². The Labute approximate surface area is 119 Å². The second-order valence-electron chi connectivity index (χ2n) is 5.20. The van der Waals surface area contributed by atoms with Crippen LogP contribution in [0, 0.1) is 0 Å². The summed E-state index contributed by atoms with van der Waals surface area (Å²) in [5.74, 6) is -0.313. The maximum absolute atomic E-state index is 12.2. The lowest BCUT2D eigenvalue weighted by Gasteiger charge is -2.34. The van der Waals surface area contributed by atoms with Crippen molar-refractivity contribution in [2.24, 2.45) is 0 Å². The Morgan fingerprint density at radius 1 is 1.25 bits per heavy atom. The average Bonchev–Trinajstić information content (AvgIpc) is 2.42. The highest BCUT2D eigenvalue weighted by Crippen LogP contribution is 2.25. The van der Waals surface area contributed by atoms with Crippen molar-refractivity contribution >= 4 is 11.8 Å². The lowest BCUT2D eigenvalue weighted by atomic mass is 9.95. The lowest BCUT2D eigenvalue weighted by Crippen LogP contribution is -2.41. The van der Waals surface area contributed by atoms with Gasteiger partial charge in [-0.3, -0.25) is 9.59 Å². The minimum atomic E-state index is -0.352. The molecule has 0 aliphatic carbocycles. The molecule has 4 heteroatoms. The summed E-state index contributed by atoms with van der Waals surface area (Å²) >= 11 is 0. The molecule has 1 saturated heterocycles. The molecule has 4 nitrogen and oxygen atoms in total. The molecule has 0 unspecified atom stereocenters. The zero-order valence-electron chi connectivity index (χ0n) is 11.9. The van der Waals surface area contributed by atoms with Crippen LogP contribution in [0.1, 0.15) is 43.5 Å². The Morgan fingerprint density at radius 3 is 2.60 bits per heavy atom. The summed E-state index contributed by atoms with van der Waals surface area (Å²) in [5, 5.41) is 0. The predicted molar refractivity (Wildman–Crippen MR) is 74.5 cm³/mol. The van der Waals surface area contributed by atoms with Crippen LogP contribution in [0.2, 0.25) is 0 Å². The highest BCUT2D eigenvalue weighted by Gasteiger charge is 2.33. The van der Waals surface area contributed by atoms with Crippen LogP contribution in [0.15, 0.2) is 30.3 Å². The van der Waals surface area contributed by atoms with Crippen LogP contribution < -0.4 is 0 Å². The molecule has 1 aromatic rings. The maximum atomic E-state index is 12.2. The highest BCUT2D eigenvalue weighted by molar-refractivity contribution is 5.96. The van der Waals surface area contributed by atoms with Crippen LogP contribution in [0.5, 0.6) is 0 Å². The molecule has 0 N–H and O–H groups in total. The number of ether oxygens (including phenoxy) is 2. The number of hydrogen-bond donors (Lipinski definition) is 0. The van der Waals surface area contributed by atoms with Gasteiger partial charge in [-0.1, -0.05) is 30.3 Å². The van der Waals surface area contributed by atoms with Gasteiger partial charge in [0.1, 0.15) is 12.2 Å². The second kappa shape index (κ2) is 6.66. The number of hydrogen-bond acceptors (Lipinski definition) is 4. The van der Waals surface area contributed by atoms with Crippen LogP contribution in [-0.4, -0.2) is 30.1 Å². The van der Waals surface area contributed by atoms with Gasteiger partial charge in [0.05, 0.1) is 6.10 Å². The molecule has 0 spiro atoms. The van der Waals surface area contributed by atoms with Crippen molar-refractivity contribution in [3.8, 4) is 0 Å². The van der Waals surface area contributed by atoms with Gasteiger partial charge in [0.15, 0.2) is 5.78 Å². The van der Waals surface area contributed by atoms with Gasteiger partial charge < -0.3 is 9.47 Å². The molecule has 0 saturated carbocycles. The first kappa shape index (κ1) is 14.7. The average molecular weight is 276 g/mol. The Morgan fingerprint density at radius 2 is 1.95 bits per heavy atom. The molecule has 1 aliphatic rings. The van der Waals surface area contributed by atoms with Crippen LogP contribution >= 0.6 is 0 Å². The quantitative estimate of drug-likeness (QED) is 0.627. The summed E-state index contributed by atoms with van der Waals surface area (Å²) in [4.78, 5) is 23.4. The van der Waals surface area contributed by atoms with E-state index in [9.17, 15) is 9.59 Å². The summed E-state index contributed by atoms with van der Waals surface area (Å²) in [6.07, 6.45) is 1.25. The van der Waals surface area contributed by atoms with E-state index in [1.807, 2.05) is 25.1 Å². The van der Waals surface area contributed by atoms with Gasteiger partial charge in [-0.2, -0.15) is 0 Å². The molecule has 1 aromatic carbocycles. The fourth-order valence-electron chi connectivity index (χ4n) is 2.49. The first-order valence-corrected chi connectivity index (χ1v) is 6.97. The Kier molecular flexibility index (Phi) is 4.90. The predicted octanol–water partition coefficient (Wildman–Crippen LogP) is 2.76. The number of benzene rings is 1. The molecule has 20 heavy (non-hydrogen) atoms. The molecule has 0 bridgehead atoms. The van der Waals surface area contributed by atoms with Crippen molar-refractivity contribution in [3.63, 3.8) is 0 Å². The molecular formula is C16H20O4. The third-order valence-electron chi connectivity index (χ3n) is 3.48. The number of esters is 1. The van der Waals surface area contributed by atoms with Gasteiger partial charge in [0, 0.05) is 18.9 Å². The molecule has 108 valence electrons. The van der Waals surface area contributed by atoms with E-state index in [1.165, 1.54) is 6.92 Å². The van der Waals surface area contributed by atoms with Crippen molar-refractivity contribution in [2.45, 2.75) is 51.4 Å². The molecule has 0 radical (unpaired) electrons. The zero-order chi connectivity index (χ0) is 14.5. The van der Waals surface area contributed by atoms with E-state index in [0.717, 1.165) is 12.8 Å². The molecule has 0 amide bonds. The third-order valence-corrected chi connectivity index (χ3v) is 3.48. The summed E-state index contributed by atoms with van der Waals surface area (Å²) in [5.41, 5.74) is 0.663. The molecule has 3 atom stereocenters. The molecule has 1 fully saturated rings. The zero-order valence-corrected chi connectivity index (χ0v) is 11.9. The van der Waals surface area contributed by atoms with E-state index < -0.39 is 0 Å². The van der Waals surface area contributed by atoms with Crippen molar-refractivity contribution in [1.82, 2.24) is 0 Å². The van der Waals surface area contributed by atoms with Gasteiger partial charge >= 0.3 is 5.97 Å². The van der Waals surface area contributed by atoms with Crippen LogP contribution in [0.3, 0.4) is 0 Å². The van der Waals surface area contributed by atoms with Gasteiger partial charge in [0.2, 0.25) is 0 Å². The first-order chi connectivity index (χ1) is 9.56. The largest absolute Gasteiger partial charge is 0.460 e. The topological polar surface area (TPSA) is 52.6 Å². The van der Waals surface area contributed by atoms with E-state index >= 15 is 0 Å². The van der Waals surface area contributed by atoms with Gasteiger partial charge in [0.25, 0.3) is 0 Å². The summed E-state index contributed by atoms with van der Waals surface area (Å²) in [6, 6.07) is 9.12. The fraction of sp³-hybridized carbons (Fsp3) is 0.500. The number of carbonyl (C=O) groups is 2. The van der Waals surface area contributed by atoms with Gasteiger partial charge in [-0.25, -0.2) is 0 Å². The molecule has 1 heterocycles. The summed E-state index contributed by atoms with van der Waals surface area (Å²) in [6.45, 7) is 3.36. The SMILES string of the molecule is CC(=O)O[C@@H]1CC[C@@H](C)O[C@H]1CC(=O)c1ccccc1. The van der Waals surface area contributed by atoms with E-state index in [-0.39, 0.29) is 36.5 Å². The van der Waals surface area contributed by atoms with Gasteiger partial charge in [-0.05, 0) is 19.8 Å². The van der Waals surface area contributed by atoms with Crippen molar-refractivity contribution in [1.29, 1.82) is 0 Å². The van der Waals surface area contributed by atoms with E-state index in [2.05, 4.69) is 0 Å². The maximum Gasteiger partial charge on any atom is 0.302 e. The Hall–Kier alpha value is -1.68. The van der Waals surface area contributed by atoms with Crippen LogP contribution in [-0.2, 0) is 14.3 Å². The molecular weight excluding hydrogens is 256 g/mol. The van der Waals surface area contributed by atoms with E-state index in [4.69, 9.17) is 9.47 Å². The van der Waals surface area contributed by atoms with Crippen LogP contribution in [0.25, 0.3) is 0 Å². The smallest absolute Gasteiger partial charge is 0.302 e. The van der Waals surface area contributed by atoms with Crippen LogP contribution in [0.4, 0.5) is 0 Å². The standard InChI is InChI=1S/C16H20O4/c1-11-8-9-15(20-12(2)17)16(19-11)10-14(18)13-6-4-3-5-7-13/h3-7,11,15-16H,8-10H2,1-2H3/t11-,15-,16+/m1/s1. The lowest BCUT2D eigenvalue weighted by molar-refractivity contribution is -0.167. The minimum Gasteiger partial charge on any atom is -0.460 e. The minimum absolute atomic E-state index is 0.0156. The summed E-state index contributed by atoms with van der Waals surface area (Å²) < 4.78 is 11.1. The van der Waals surface area contributed by atoms with Gasteiger partial charge in [-0.15, -0.1) is 0 Å². The molecule has 1 aliphatic heterocycles. The molecule has 0 aromatic heterocycles. The van der Waals surface area contributed by atoms with E-state index in [0.29, 0.717) is 5.56 Å². The fourth-order valence-corrected chi connectivity index (χ4v) is 2.49. The Balaban J connectivity index is 2.03. The Bertz CT molecular complexity index is 469. The van der Waals surface area contributed by atoms with Crippen molar-refractivity contribution in [3.05, 3.63) is 35.9 Å². The number of rotatable bonds is 4. The normalized spacial score (nSPS) is 26.0. The number of carbonyl (C=O) groups excluding carboxylic acids is 2. The summed E-state index contributed by atoms with van der Waals surface area (Å²) in [7, 11) is 0. The first-order valence-electron chi connectivity index (χ1n) is 6.97. The number of ketones is 1. The third kappa shape index (κ3) is 3.90. The number of Topliss-reactive ketones (excluding diaryl/α,β-unsaturated/α-hetero) is 1. The second-order valence-corrected chi connectivity index (χ2v) is 5.20.